The summed E-state index contributed by atoms with van der Waals surface area (Å²) in [4.78, 5) is 30.7. The summed E-state index contributed by atoms with van der Waals surface area (Å²) >= 11 is 0. The van der Waals surface area contributed by atoms with Gasteiger partial charge < -0.3 is 20.9 Å². The van der Waals surface area contributed by atoms with Gasteiger partial charge in [0.05, 0.1) is 11.4 Å². The SMILES string of the molecule is NC1CCC(N(Cc2cccc(-c3ccc(N4CCCCCC4)c(NC(=O)C4CC4)c3)c2)C(=O)C2CC2)CC1. The lowest BCUT2D eigenvalue weighted by atomic mass is 9.90. The van der Waals surface area contributed by atoms with Gasteiger partial charge in [-0.15, -0.1) is 0 Å². The number of anilines is 2. The lowest BCUT2D eigenvalue weighted by molar-refractivity contribution is -0.136. The van der Waals surface area contributed by atoms with Crippen molar-refractivity contribution in [1.29, 1.82) is 0 Å². The topological polar surface area (TPSA) is 78.7 Å². The van der Waals surface area contributed by atoms with Gasteiger partial charge in [0.25, 0.3) is 0 Å². The van der Waals surface area contributed by atoms with Crippen LogP contribution in [0.3, 0.4) is 0 Å². The Kier molecular flexibility index (Phi) is 7.92. The third kappa shape index (κ3) is 6.49. The van der Waals surface area contributed by atoms with Crippen LogP contribution in [0.1, 0.15) is 82.6 Å². The van der Waals surface area contributed by atoms with Crippen LogP contribution in [0.2, 0.25) is 0 Å². The van der Waals surface area contributed by atoms with Gasteiger partial charge in [-0.3, -0.25) is 9.59 Å². The molecule has 2 aromatic rings. The minimum atomic E-state index is 0.151. The molecule has 4 fully saturated rings. The van der Waals surface area contributed by atoms with Crippen LogP contribution in [0.15, 0.2) is 42.5 Å². The Morgan fingerprint density at radius 1 is 0.821 bits per heavy atom. The fourth-order valence-electron chi connectivity index (χ4n) is 6.39. The molecule has 0 atom stereocenters. The van der Waals surface area contributed by atoms with Gasteiger partial charge in [-0.05, 0) is 99.1 Å². The van der Waals surface area contributed by atoms with Crippen molar-refractivity contribution in [3.05, 3.63) is 48.0 Å². The second-order valence-electron chi connectivity index (χ2n) is 12.4. The Morgan fingerprint density at radius 2 is 1.51 bits per heavy atom. The predicted molar refractivity (Wildman–Crippen MR) is 157 cm³/mol. The maximum absolute atomic E-state index is 13.3. The summed E-state index contributed by atoms with van der Waals surface area (Å²) in [7, 11) is 0. The van der Waals surface area contributed by atoms with E-state index in [1.165, 1.54) is 25.7 Å². The number of hydrogen-bond donors (Lipinski definition) is 2. The number of benzene rings is 2. The van der Waals surface area contributed by atoms with Gasteiger partial charge in [0.15, 0.2) is 0 Å². The summed E-state index contributed by atoms with van der Waals surface area (Å²) in [5, 5.41) is 3.28. The molecule has 0 spiro atoms. The fourth-order valence-corrected chi connectivity index (χ4v) is 6.39. The number of nitrogens with one attached hydrogen (secondary N) is 1. The van der Waals surface area contributed by atoms with Crippen LogP contribution in [0, 0.1) is 11.8 Å². The number of nitrogens with two attached hydrogens (primary N) is 1. The Hall–Kier alpha value is -2.86. The third-order valence-electron chi connectivity index (χ3n) is 9.15. The third-order valence-corrected chi connectivity index (χ3v) is 9.15. The molecular formula is C33H44N4O2. The number of hydrogen-bond acceptors (Lipinski definition) is 4. The summed E-state index contributed by atoms with van der Waals surface area (Å²) in [6, 6.07) is 15.7. The first kappa shape index (κ1) is 26.4. The molecule has 3 N–H and O–H groups in total. The van der Waals surface area contributed by atoms with E-state index in [4.69, 9.17) is 5.73 Å². The first-order valence-electron chi connectivity index (χ1n) is 15.4. The summed E-state index contributed by atoms with van der Waals surface area (Å²) in [5.74, 6) is 0.859. The van der Waals surface area contributed by atoms with E-state index < -0.39 is 0 Å². The molecule has 6 rings (SSSR count). The number of rotatable bonds is 8. The second-order valence-corrected chi connectivity index (χ2v) is 12.4. The van der Waals surface area contributed by atoms with E-state index in [9.17, 15) is 9.59 Å². The number of carbonyl (C=O) groups excluding carboxylic acids is 2. The lowest BCUT2D eigenvalue weighted by Gasteiger charge is -2.36. The molecule has 3 saturated carbocycles. The maximum atomic E-state index is 13.3. The van der Waals surface area contributed by atoms with Crippen molar-refractivity contribution in [2.75, 3.05) is 23.3 Å². The maximum Gasteiger partial charge on any atom is 0.227 e. The zero-order valence-electron chi connectivity index (χ0n) is 23.2. The van der Waals surface area contributed by atoms with Gasteiger partial charge in [0.1, 0.15) is 0 Å². The van der Waals surface area contributed by atoms with Crippen molar-refractivity contribution < 1.29 is 9.59 Å². The second kappa shape index (κ2) is 11.7. The Balaban J connectivity index is 1.25. The lowest BCUT2D eigenvalue weighted by Crippen LogP contribution is -2.44. The molecule has 4 aliphatic rings. The highest BCUT2D eigenvalue weighted by Crippen LogP contribution is 2.37. The monoisotopic (exact) mass is 528 g/mol. The van der Waals surface area contributed by atoms with E-state index in [2.05, 4.69) is 57.6 Å². The Bertz CT molecular complexity index is 1170. The van der Waals surface area contributed by atoms with Gasteiger partial charge in [0, 0.05) is 43.6 Å². The van der Waals surface area contributed by atoms with Gasteiger partial charge in [-0.2, -0.15) is 0 Å². The van der Waals surface area contributed by atoms with Crippen molar-refractivity contribution in [2.45, 2.75) is 95.7 Å². The molecule has 208 valence electrons. The summed E-state index contributed by atoms with van der Waals surface area (Å²) in [5.41, 5.74) is 11.6. The molecule has 0 unspecified atom stereocenters. The van der Waals surface area contributed by atoms with Crippen LogP contribution < -0.4 is 16.0 Å². The van der Waals surface area contributed by atoms with Gasteiger partial charge >= 0.3 is 0 Å². The first-order valence-corrected chi connectivity index (χ1v) is 15.4. The molecule has 0 bridgehead atoms. The van der Waals surface area contributed by atoms with Gasteiger partial charge in [0.2, 0.25) is 11.8 Å². The molecule has 6 heteroatoms. The van der Waals surface area contributed by atoms with E-state index in [0.29, 0.717) is 18.5 Å². The quantitative estimate of drug-likeness (QED) is 0.435. The molecule has 1 aliphatic heterocycles. The van der Waals surface area contributed by atoms with Crippen LogP contribution in [-0.2, 0) is 16.1 Å². The fraction of sp³-hybridized carbons (Fsp3) is 0.576. The van der Waals surface area contributed by atoms with E-state index in [1.807, 2.05) is 0 Å². The first-order chi connectivity index (χ1) is 19.0. The van der Waals surface area contributed by atoms with Crippen LogP contribution >= 0.6 is 0 Å². The minimum Gasteiger partial charge on any atom is -0.370 e. The van der Waals surface area contributed by atoms with Crippen molar-refractivity contribution in [3.63, 3.8) is 0 Å². The number of carbonyl (C=O) groups is 2. The number of amides is 2. The van der Waals surface area contributed by atoms with Crippen LogP contribution in [0.25, 0.3) is 11.1 Å². The molecular weight excluding hydrogens is 484 g/mol. The van der Waals surface area contributed by atoms with Gasteiger partial charge in [-0.25, -0.2) is 0 Å². The summed E-state index contributed by atoms with van der Waals surface area (Å²) in [6.45, 7) is 2.73. The molecule has 39 heavy (non-hydrogen) atoms. The van der Waals surface area contributed by atoms with E-state index in [0.717, 1.165) is 92.5 Å². The van der Waals surface area contributed by atoms with Crippen molar-refractivity contribution >= 4 is 23.2 Å². The Morgan fingerprint density at radius 3 is 2.21 bits per heavy atom. The van der Waals surface area contributed by atoms with Gasteiger partial charge in [-0.1, -0.05) is 37.1 Å². The summed E-state index contributed by atoms with van der Waals surface area (Å²) < 4.78 is 0. The molecule has 3 aliphatic carbocycles. The van der Waals surface area contributed by atoms with Crippen molar-refractivity contribution in [2.24, 2.45) is 17.6 Å². The highest BCUT2D eigenvalue weighted by molar-refractivity contribution is 5.98. The highest BCUT2D eigenvalue weighted by Gasteiger charge is 2.37. The molecule has 2 aromatic carbocycles. The average Bonchev–Trinajstić information content (AvgIpc) is 3.85. The predicted octanol–water partition coefficient (Wildman–Crippen LogP) is 6.09. The van der Waals surface area contributed by atoms with Crippen molar-refractivity contribution in [1.82, 2.24) is 4.90 Å². The highest BCUT2D eigenvalue weighted by atomic mass is 16.2. The van der Waals surface area contributed by atoms with E-state index in [-0.39, 0.29) is 23.8 Å². The zero-order chi connectivity index (χ0) is 26.8. The van der Waals surface area contributed by atoms with Crippen LogP contribution in [0.5, 0.6) is 0 Å². The molecule has 1 saturated heterocycles. The normalized spacial score (nSPS) is 23.7. The molecule has 0 radical (unpaired) electrons. The number of nitrogens with zero attached hydrogens (tertiary/aromatic N) is 2. The molecule has 1 heterocycles. The molecule has 0 aromatic heterocycles. The molecule has 2 amide bonds. The average molecular weight is 529 g/mol. The van der Waals surface area contributed by atoms with Crippen molar-refractivity contribution in [3.8, 4) is 11.1 Å². The Labute approximate surface area is 233 Å². The minimum absolute atomic E-state index is 0.151. The van der Waals surface area contributed by atoms with Crippen LogP contribution in [0.4, 0.5) is 11.4 Å². The van der Waals surface area contributed by atoms with Crippen LogP contribution in [-0.4, -0.2) is 41.9 Å². The standard InChI is InChI=1S/C33H44N4O2/c34-28-13-15-29(16-14-28)37(33(39)25-10-11-25)22-23-6-5-7-26(20-23)27-12-17-31(36-18-3-1-2-4-19-36)30(21-27)35-32(38)24-8-9-24/h5-7,12,17,20-21,24-25,28-29H,1-4,8-11,13-16,18-19,22,34H2,(H,35,38). The zero-order valence-corrected chi connectivity index (χ0v) is 23.2. The smallest absolute Gasteiger partial charge is 0.227 e. The summed E-state index contributed by atoms with van der Waals surface area (Å²) in [6.07, 6.45) is 13.0. The van der Waals surface area contributed by atoms with E-state index in [1.54, 1.807) is 0 Å². The molecule has 6 nitrogen and oxygen atoms in total. The largest absolute Gasteiger partial charge is 0.370 e. The van der Waals surface area contributed by atoms with E-state index >= 15 is 0 Å².